The monoisotopic (exact) mass is 387 g/mol. The number of carbonyl (C=O) groups excluding carboxylic acids is 1. The van der Waals surface area contributed by atoms with E-state index in [0.717, 1.165) is 19.3 Å². The molecular weight excluding hydrogens is 368 g/mol. The van der Waals surface area contributed by atoms with Gasteiger partial charge in [-0.25, -0.2) is 9.07 Å². The van der Waals surface area contributed by atoms with Gasteiger partial charge in [-0.15, -0.1) is 17.5 Å². The minimum atomic E-state index is -0.506. The van der Waals surface area contributed by atoms with Crippen molar-refractivity contribution in [2.24, 2.45) is 5.73 Å². The SMILES string of the molecule is Cc1c(C(=O)N2CCCCC2CN)nnn1-c1ccc(F)c(Cl)c1.Cl. The van der Waals surface area contributed by atoms with Gasteiger partial charge >= 0.3 is 0 Å². The van der Waals surface area contributed by atoms with Gasteiger partial charge in [0, 0.05) is 19.1 Å². The fourth-order valence-corrected chi connectivity index (χ4v) is 3.21. The zero-order chi connectivity index (χ0) is 17.3. The van der Waals surface area contributed by atoms with Gasteiger partial charge in [-0.2, -0.15) is 0 Å². The molecule has 1 aliphatic rings. The smallest absolute Gasteiger partial charge is 0.276 e. The molecule has 0 bridgehead atoms. The lowest BCUT2D eigenvalue weighted by molar-refractivity contribution is 0.0616. The summed E-state index contributed by atoms with van der Waals surface area (Å²) in [5.41, 5.74) is 7.22. The number of nitrogens with two attached hydrogens (primary N) is 1. The summed E-state index contributed by atoms with van der Waals surface area (Å²) in [6.45, 7) is 2.87. The minimum absolute atomic E-state index is 0. The van der Waals surface area contributed by atoms with Crippen molar-refractivity contribution in [2.75, 3.05) is 13.1 Å². The summed E-state index contributed by atoms with van der Waals surface area (Å²) in [5.74, 6) is -0.671. The van der Waals surface area contributed by atoms with Crippen LogP contribution in [0, 0.1) is 12.7 Å². The molecule has 25 heavy (non-hydrogen) atoms. The lowest BCUT2D eigenvalue weighted by Gasteiger charge is -2.34. The molecule has 1 amide bonds. The van der Waals surface area contributed by atoms with Crippen LogP contribution >= 0.6 is 24.0 Å². The number of carbonyl (C=O) groups is 1. The Morgan fingerprint density at radius 2 is 2.20 bits per heavy atom. The molecule has 1 fully saturated rings. The Morgan fingerprint density at radius 1 is 1.44 bits per heavy atom. The second-order valence-corrected chi connectivity index (χ2v) is 6.32. The van der Waals surface area contributed by atoms with Crippen LogP contribution in [0.25, 0.3) is 5.69 Å². The highest BCUT2D eigenvalue weighted by atomic mass is 35.5. The summed E-state index contributed by atoms with van der Waals surface area (Å²) in [4.78, 5) is 14.6. The Labute approximate surface area is 156 Å². The van der Waals surface area contributed by atoms with Crippen molar-refractivity contribution in [1.82, 2.24) is 19.9 Å². The molecule has 136 valence electrons. The van der Waals surface area contributed by atoms with E-state index < -0.39 is 5.82 Å². The molecule has 2 N–H and O–H groups in total. The summed E-state index contributed by atoms with van der Waals surface area (Å²) in [5, 5.41) is 8.06. The number of benzene rings is 1. The van der Waals surface area contributed by atoms with Crippen LogP contribution in [-0.4, -0.2) is 44.9 Å². The van der Waals surface area contributed by atoms with Crippen LogP contribution in [0.15, 0.2) is 18.2 Å². The van der Waals surface area contributed by atoms with Crippen LogP contribution in [0.2, 0.25) is 5.02 Å². The Balaban J connectivity index is 0.00000225. The van der Waals surface area contributed by atoms with Gasteiger partial charge in [-0.05, 0) is 44.4 Å². The number of rotatable bonds is 3. The van der Waals surface area contributed by atoms with Gasteiger partial charge in [-0.3, -0.25) is 4.79 Å². The first-order chi connectivity index (χ1) is 11.5. The molecule has 9 heteroatoms. The highest BCUT2D eigenvalue weighted by Crippen LogP contribution is 2.22. The largest absolute Gasteiger partial charge is 0.333 e. The van der Waals surface area contributed by atoms with Gasteiger partial charge in [0.05, 0.1) is 16.4 Å². The standard InChI is InChI=1S/C16H19ClFN5O.ClH/c1-10-15(16(24)22-7-3-2-4-12(22)9-19)20-21-23(10)11-5-6-14(18)13(17)8-11;/h5-6,8,12H,2-4,7,9,19H2,1H3;1H. The third-order valence-electron chi connectivity index (χ3n) is 4.40. The van der Waals surface area contributed by atoms with Crippen molar-refractivity contribution < 1.29 is 9.18 Å². The van der Waals surface area contributed by atoms with Gasteiger partial charge in [0.15, 0.2) is 5.69 Å². The number of nitrogens with zero attached hydrogens (tertiary/aromatic N) is 4. The first-order valence-corrected chi connectivity index (χ1v) is 8.29. The maximum absolute atomic E-state index is 13.3. The minimum Gasteiger partial charge on any atom is -0.333 e. The average Bonchev–Trinajstić information content (AvgIpc) is 2.98. The molecule has 2 aromatic rings. The molecule has 2 heterocycles. The summed E-state index contributed by atoms with van der Waals surface area (Å²) in [6.07, 6.45) is 2.94. The predicted octanol–water partition coefficient (Wildman–Crippen LogP) is 2.74. The molecule has 0 saturated carbocycles. The predicted molar refractivity (Wildman–Crippen MR) is 96.0 cm³/mol. The molecule has 0 radical (unpaired) electrons. The number of likely N-dealkylation sites (tertiary alicyclic amines) is 1. The van der Waals surface area contributed by atoms with Crippen LogP contribution < -0.4 is 5.73 Å². The second kappa shape index (κ2) is 8.12. The van der Waals surface area contributed by atoms with Crippen LogP contribution in [0.3, 0.4) is 0 Å². The van der Waals surface area contributed by atoms with E-state index >= 15 is 0 Å². The van der Waals surface area contributed by atoms with E-state index in [1.807, 2.05) is 0 Å². The third-order valence-corrected chi connectivity index (χ3v) is 4.69. The number of aromatic nitrogens is 3. The van der Waals surface area contributed by atoms with E-state index in [4.69, 9.17) is 17.3 Å². The lowest BCUT2D eigenvalue weighted by atomic mass is 10.0. The first kappa shape index (κ1) is 19.6. The Kier molecular flexibility index (Phi) is 6.37. The lowest BCUT2D eigenvalue weighted by Crippen LogP contribution is -2.47. The van der Waals surface area contributed by atoms with Crippen LogP contribution in [0.4, 0.5) is 4.39 Å². The van der Waals surface area contributed by atoms with Crippen molar-refractivity contribution >= 4 is 29.9 Å². The maximum Gasteiger partial charge on any atom is 0.276 e. The molecular formula is C16H20Cl2FN5O. The molecule has 0 spiro atoms. The highest BCUT2D eigenvalue weighted by Gasteiger charge is 2.30. The molecule has 1 aromatic heterocycles. The Morgan fingerprint density at radius 3 is 2.88 bits per heavy atom. The zero-order valence-electron chi connectivity index (χ0n) is 13.8. The van der Waals surface area contributed by atoms with Crippen molar-refractivity contribution in [3.05, 3.63) is 40.4 Å². The van der Waals surface area contributed by atoms with Crippen LogP contribution in [-0.2, 0) is 0 Å². The summed E-state index contributed by atoms with van der Waals surface area (Å²) >= 11 is 5.82. The van der Waals surface area contributed by atoms with E-state index in [-0.39, 0.29) is 35.1 Å². The second-order valence-electron chi connectivity index (χ2n) is 5.92. The quantitative estimate of drug-likeness (QED) is 0.877. The summed E-state index contributed by atoms with van der Waals surface area (Å²) in [6, 6.07) is 4.29. The molecule has 1 aliphatic heterocycles. The van der Waals surface area contributed by atoms with Gasteiger partial charge in [0.1, 0.15) is 5.82 Å². The van der Waals surface area contributed by atoms with E-state index in [9.17, 15) is 9.18 Å². The molecule has 1 atom stereocenters. The average molecular weight is 388 g/mol. The van der Waals surface area contributed by atoms with Crippen molar-refractivity contribution in [1.29, 1.82) is 0 Å². The van der Waals surface area contributed by atoms with E-state index in [1.54, 1.807) is 17.9 Å². The van der Waals surface area contributed by atoms with Gasteiger partial charge in [0.2, 0.25) is 0 Å². The Bertz CT molecular complexity index is 767. The number of amides is 1. The zero-order valence-corrected chi connectivity index (χ0v) is 15.4. The number of piperidine rings is 1. The van der Waals surface area contributed by atoms with Gasteiger partial charge < -0.3 is 10.6 Å². The van der Waals surface area contributed by atoms with E-state index in [2.05, 4.69) is 10.3 Å². The number of halogens is 3. The van der Waals surface area contributed by atoms with Crippen LogP contribution in [0.1, 0.15) is 35.4 Å². The first-order valence-electron chi connectivity index (χ1n) is 7.91. The molecule has 0 aliphatic carbocycles. The van der Waals surface area contributed by atoms with E-state index in [0.29, 0.717) is 24.5 Å². The topological polar surface area (TPSA) is 77.0 Å². The molecule has 1 aromatic carbocycles. The number of hydrogen-bond acceptors (Lipinski definition) is 4. The van der Waals surface area contributed by atoms with Gasteiger partial charge in [-0.1, -0.05) is 16.8 Å². The molecule has 3 rings (SSSR count). The Hall–Kier alpha value is -1.70. The normalized spacial score (nSPS) is 17.3. The van der Waals surface area contributed by atoms with Gasteiger partial charge in [0.25, 0.3) is 5.91 Å². The maximum atomic E-state index is 13.3. The molecule has 1 saturated heterocycles. The van der Waals surface area contributed by atoms with Crippen LogP contribution in [0.5, 0.6) is 0 Å². The summed E-state index contributed by atoms with van der Waals surface area (Å²) in [7, 11) is 0. The molecule has 6 nitrogen and oxygen atoms in total. The van der Waals surface area contributed by atoms with E-state index in [1.165, 1.54) is 16.8 Å². The summed E-state index contributed by atoms with van der Waals surface area (Å²) < 4.78 is 14.8. The van der Waals surface area contributed by atoms with Crippen molar-refractivity contribution in [3.8, 4) is 5.69 Å². The third kappa shape index (κ3) is 3.78. The fourth-order valence-electron chi connectivity index (χ4n) is 3.04. The van der Waals surface area contributed by atoms with Crippen molar-refractivity contribution in [3.63, 3.8) is 0 Å². The van der Waals surface area contributed by atoms with Crippen molar-refractivity contribution in [2.45, 2.75) is 32.2 Å². The highest BCUT2D eigenvalue weighted by molar-refractivity contribution is 6.30. The number of hydrogen-bond donors (Lipinski definition) is 1. The fraction of sp³-hybridized carbons (Fsp3) is 0.438. The molecule has 1 unspecified atom stereocenters.